The third-order valence-electron chi connectivity index (χ3n) is 4.11. The maximum absolute atomic E-state index is 6.09. The number of ether oxygens (including phenoxy) is 2. The van der Waals surface area contributed by atoms with Crippen LogP contribution in [0.3, 0.4) is 0 Å². The molecule has 0 aromatic heterocycles. The molecule has 0 saturated heterocycles. The van der Waals surface area contributed by atoms with Gasteiger partial charge in [0, 0.05) is 23.1 Å². The lowest BCUT2D eigenvalue weighted by Crippen LogP contribution is -2.11. The number of hydrogen-bond donors (Lipinski definition) is 0. The highest BCUT2D eigenvalue weighted by Gasteiger charge is 2.28. The smallest absolute Gasteiger partial charge is 0.135 e. The van der Waals surface area contributed by atoms with Crippen LogP contribution in [0.25, 0.3) is 0 Å². The molecule has 0 amide bonds. The van der Waals surface area contributed by atoms with Gasteiger partial charge >= 0.3 is 0 Å². The molecule has 1 aliphatic rings. The van der Waals surface area contributed by atoms with Gasteiger partial charge in [0.1, 0.15) is 17.2 Å². The molecule has 0 N–H and O–H groups in total. The average Bonchev–Trinajstić information content (AvgIpc) is 2.59. The third kappa shape index (κ3) is 2.04. The Morgan fingerprint density at radius 3 is 2.32 bits per heavy atom. The molecule has 22 heavy (non-hydrogen) atoms. The fourth-order valence-electron chi connectivity index (χ4n) is 3.07. The Hall–Kier alpha value is -2.74. The Bertz CT molecular complexity index is 809. The van der Waals surface area contributed by atoms with Gasteiger partial charge in [-0.05, 0) is 17.7 Å². The van der Waals surface area contributed by atoms with E-state index in [0.29, 0.717) is 0 Å². The molecule has 3 aromatic carbocycles. The van der Waals surface area contributed by atoms with Gasteiger partial charge in [0.2, 0.25) is 0 Å². The Kier molecular flexibility index (Phi) is 3.08. The van der Waals surface area contributed by atoms with E-state index in [1.165, 1.54) is 16.7 Å². The molecule has 0 saturated carbocycles. The molecule has 0 bridgehead atoms. The van der Waals surface area contributed by atoms with E-state index < -0.39 is 0 Å². The third-order valence-corrected chi connectivity index (χ3v) is 4.11. The largest absolute Gasteiger partial charge is 0.497 e. The van der Waals surface area contributed by atoms with Gasteiger partial charge in [0.05, 0.1) is 7.11 Å². The first-order valence-corrected chi connectivity index (χ1v) is 7.36. The van der Waals surface area contributed by atoms with Crippen LogP contribution in [-0.2, 0) is 0 Å². The fraction of sp³-hybridized carbons (Fsp3) is 0.100. The first-order valence-electron chi connectivity index (χ1n) is 7.36. The molecule has 3 aromatic rings. The molecule has 0 spiro atoms. The quantitative estimate of drug-likeness (QED) is 0.518. The number of benzene rings is 3. The van der Waals surface area contributed by atoms with E-state index in [9.17, 15) is 0 Å². The van der Waals surface area contributed by atoms with Crippen LogP contribution in [0.1, 0.15) is 22.6 Å². The Morgan fingerprint density at radius 2 is 1.50 bits per heavy atom. The van der Waals surface area contributed by atoms with Crippen molar-refractivity contribution in [3.63, 3.8) is 0 Å². The highest BCUT2D eigenvalue weighted by Crippen LogP contribution is 2.47. The summed E-state index contributed by atoms with van der Waals surface area (Å²) in [5, 5.41) is 0. The average molecular weight is 288 g/mol. The normalized spacial score (nSPS) is 15.4. The molecular weight excluding hydrogens is 272 g/mol. The number of hydrogen-bond acceptors (Lipinski definition) is 2. The second-order valence-electron chi connectivity index (χ2n) is 5.39. The molecule has 0 aliphatic carbocycles. The summed E-state index contributed by atoms with van der Waals surface area (Å²) < 4.78 is 11.4. The molecule has 1 aliphatic heterocycles. The minimum Gasteiger partial charge on any atom is -0.497 e. The number of fused-ring (bicyclic) bond motifs is 2. The van der Waals surface area contributed by atoms with Gasteiger partial charge in [-0.1, -0.05) is 54.6 Å². The SMILES string of the molecule is COc1ccc2c(c1)Oc1ccccc1C2c1ccccc1. The van der Waals surface area contributed by atoms with Gasteiger partial charge in [0.15, 0.2) is 0 Å². The van der Waals surface area contributed by atoms with Gasteiger partial charge in [-0.2, -0.15) is 0 Å². The van der Waals surface area contributed by atoms with Crippen molar-refractivity contribution in [1.82, 2.24) is 0 Å². The minimum absolute atomic E-state index is 0.187. The summed E-state index contributed by atoms with van der Waals surface area (Å²) in [6, 6.07) is 24.8. The van der Waals surface area contributed by atoms with E-state index in [4.69, 9.17) is 9.47 Å². The second-order valence-corrected chi connectivity index (χ2v) is 5.39. The summed E-state index contributed by atoms with van der Waals surface area (Å²) >= 11 is 0. The van der Waals surface area contributed by atoms with Crippen molar-refractivity contribution in [3.8, 4) is 17.2 Å². The van der Waals surface area contributed by atoms with Crippen molar-refractivity contribution < 1.29 is 9.47 Å². The zero-order chi connectivity index (χ0) is 14.9. The maximum atomic E-state index is 6.09. The minimum atomic E-state index is 0.187. The van der Waals surface area contributed by atoms with Gasteiger partial charge in [-0.25, -0.2) is 0 Å². The molecule has 1 atom stereocenters. The van der Waals surface area contributed by atoms with Gasteiger partial charge in [-0.3, -0.25) is 0 Å². The Morgan fingerprint density at radius 1 is 0.773 bits per heavy atom. The van der Waals surface area contributed by atoms with Gasteiger partial charge in [0.25, 0.3) is 0 Å². The van der Waals surface area contributed by atoms with Crippen molar-refractivity contribution in [1.29, 1.82) is 0 Å². The molecule has 2 heteroatoms. The summed E-state index contributed by atoms with van der Waals surface area (Å²) in [5.41, 5.74) is 3.64. The predicted molar refractivity (Wildman–Crippen MR) is 86.9 cm³/mol. The van der Waals surface area contributed by atoms with Crippen LogP contribution in [0.15, 0.2) is 72.8 Å². The van der Waals surface area contributed by atoms with E-state index in [1.807, 2.05) is 30.3 Å². The van der Waals surface area contributed by atoms with Crippen molar-refractivity contribution in [2.75, 3.05) is 7.11 Å². The lowest BCUT2D eigenvalue weighted by molar-refractivity contribution is 0.404. The monoisotopic (exact) mass is 288 g/mol. The van der Waals surface area contributed by atoms with E-state index in [0.717, 1.165) is 17.2 Å². The molecular formula is C20H16O2. The van der Waals surface area contributed by atoms with Crippen LogP contribution in [-0.4, -0.2) is 7.11 Å². The standard InChI is InChI=1S/C20H16O2/c1-21-15-11-12-17-19(13-15)22-18-10-6-5-9-16(18)20(17)14-7-3-2-4-8-14/h2-13,20H,1H3. The Balaban J connectivity index is 1.94. The van der Waals surface area contributed by atoms with E-state index in [2.05, 4.69) is 42.5 Å². The van der Waals surface area contributed by atoms with Crippen molar-refractivity contribution in [2.24, 2.45) is 0 Å². The predicted octanol–water partition coefficient (Wildman–Crippen LogP) is 4.98. The molecule has 0 fully saturated rings. The summed E-state index contributed by atoms with van der Waals surface area (Å²) in [5.74, 6) is 2.78. The number of methoxy groups -OCH3 is 1. The van der Waals surface area contributed by atoms with Crippen LogP contribution >= 0.6 is 0 Å². The second kappa shape index (κ2) is 5.23. The van der Waals surface area contributed by atoms with Crippen molar-refractivity contribution in [2.45, 2.75) is 5.92 Å². The van der Waals surface area contributed by atoms with Crippen molar-refractivity contribution >= 4 is 0 Å². The maximum Gasteiger partial charge on any atom is 0.135 e. The van der Waals surface area contributed by atoms with E-state index in [1.54, 1.807) is 7.11 Å². The highest BCUT2D eigenvalue weighted by atomic mass is 16.5. The van der Waals surface area contributed by atoms with Gasteiger partial charge < -0.3 is 9.47 Å². The summed E-state index contributed by atoms with van der Waals surface area (Å²) in [6.45, 7) is 0. The fourth-order valence-corrected chi connectivity index (χ4v) is 3.07. The summed E-state index contributed by atoms with van der Waals surface area (Å²) in [7, 11) is 1.67. The van der Waals surface area contributed by atoms with Crippen LogP contribution in [0.5, 0.6) is 17.2 Å². The van der Waals surface area contributed by atoms with Crippen LogP contribution in [0.4, 0.5) is 0 Å². The van der Waals surface area contributed by atoms with Crippen LogP contribution < -0.4 is 9.47 Å². The summed E-state index contributed by atoms with van der Waals surface area (Å²) in [4.78, 5) is 0. The van der Waals surface area contributed by atoms with Gasteiger partial charge in [-0.15, -0.1) is 0 Å². The molecule has 0 radical (unpaired) electrons. The first-order chi connectivity index (χ1) is 10.9. The highest BCUT2D eigenvalue weighted by molar-refractivity contribution is 5.59. The molecule has 2 nitrogen and oxygen atoms in total. The number of para-hydroxylation sites is 1. The number of rotatable bonds is 2. The molecule has 4 rings (SSSR count). The Labute approximate surface area is 129 Å². The lowest BCUT2D eigenvalue weighted by Gasteiger charge is -2.28. The van der Waals surface area contributed by atoms with Crippen molar-refractivity contribution in [3.05, 3.63) is 89.5 Å². The summed E-state index contributed by atoms with van der Waals surface area (Å²) in [6.07, 6.45) is 0. The topological polar surface area (TPSA) is 18.5 Å². The molecule has 1 heterocycles. The first kappa shape index (κ1) is 13.0. The van der Waals surface area contributed by atoms with E-state index in [-0.39, 0.29) is 5.92 Å². The molecule has 1 unspecified atom stereocenters. The lowest BCUT2D eigenvalue weighted by atomic mass is 9.83. The zero-order valence-corrected chi connectivity index (χ0v) is 12.3. The zero-order valence-electron chi connectivity index (χ0n) is 12.3. The van der Waals surface area contributed by atoms with Crippen LogP contribution in [0, 0.1) is 0 Å². The van der Waals surface area contributed by atoms with E-state index >= 15 is 0 Å². The molecule has 108 valence electrons. The van der Waals surface area contributed by atoms with Crippen LogP contribution in [0.2, 0.25) is 0 Å².